The molecule has 1 aromatic heterocycles. The second-order valence-corrected chi connectivity index (χ2v) is 7.12. The summed E-state index contributed by atoms with van der Waals surface area (Å²) in [5.41, 5.74) is 8.05. The van der Waals surface area contributed by atoms with E-state index >= 15 is 0 Å². The highest BCUT2D eigenvalue weighted by Crippen LogP contribution is 2.38. The molecule has 128 valence electrons. The number of para-hydroxylation sites is 2. The van der Waals surface area contributed by atoms with Gasteiger partial charge in [-0.3, -0.25) is 0 Å². The maximum atomic E-state index is 3.84. The van der Waals surface area contributed by atoms with Crippen LogP contribution in [0, 0.1) is 0 Å². The van der Waals surface area contributed by atoms with E-state index in [1.54, 1.807) is 0 Å². The summed E-state index contributed by atoms with van der Waals surface area (Å²) in [5.74, 6) is 0. The zero-order valence-corrected chi connectivity index (χ0v) is 14.7. The van der Waals surface area contributed by atoms with E-state index in [1.807, 2.05) is 0 Å². The molecule has 1 aliphatic heterocycles. The van der Waals surface area contributed by atoms with Crippen LogP contribution in [0.1, 0.15) is 34.8 Å². The van der Waals surface area contributed by atoms with E-state index in [4.69, 9.17) is 0 Å². The highest BCUT2D eigenvalue weighted by atomic mass is 14.9. The fraction of sp³-hybridized carbons (Fsp3) is 0.167. The van der Waals surface area contributed by atoms with Crippen molar-refractivity contribution in [1.29, 1.82) is 0 Å². The molecule has 26 heavy (non-hydrogen) atoms. The zero-order chi connectivity index (χ0) is 17.3. The second-order valence-electron chi connectivity index (χ2n) is 7.12. The predicted molar refractivity (Wildman–Crippen MR) is 109 cm³/mol. The molecule has 0 saturated heterocycles. The van der Waals surface area contributed by atoms with Gasteiger partial charge in [0, 0.05) is 34.3 Å². The number of hydrogen-bond acceptors (Lipinski definition) is 1. The first-order valence-corrected chi connectivity index (χ1v) is 9.36. The molecular weight excluding hydrogens is 316 g/mol. The lowest BCUT2D eigenvalue weighted by molar-refractivity contribution is 0.696. The molecule has 1 unspecified atom stereocenters. The highest BCUT2D eigenvalue weighted by Gasteiger charge is 2.25. The maximum Gasteiger partial charge on any atom is 0.0541 e. The van der Waals surface area contributed by atoms with Gasteiger partial charge < -0.3 is 10.3 Å². The van der Waals surface area contributed by atoms with E-state index in [-0.39, 0.29) is 0 Å². The fourth-order valence-electron chi connectivity index (χ4n) is 4.19. The molecule has 0 radical (unpaired) electrons. The maximum absolute atomic E-state index is 3.84. The van der Waals surface area contributed by atoms with Gasteiger partial charge in [0.1, 0.15) is 0 Å². The Morgan fingerprint density at radius 1 is 0.808 bits per heavy atom. The summed E-state index contributed by atoms with van der Waals surface area (Å²) in [4.78, 5) is 3.69. The number of aryl methyl sites for hydroxylation is 1. The minimum absolute atomic E-state index is 0.310. The molecule has 0 saturated carbocycles. The van der Waals surface area contributed by atoms with Crippen molar-refractivity contribution in [2.24, 2.45) is 0 Å². The summed E-state index contributed by atoms with van der Waals surface area (Å²) in [6.07, 6.45) is 3.10. The number of fused-ring (bicyclic) bond motifs is 4. The van der Waals surface area contributed by atoms with Crippen molar-refractivity contribution in [2.45, 2.75) is 25.3 Å². The lowest BCUT2D eigenvalue weighted by atomic mass is 9.96. The first kappa shape index (κ1) is 15.3. The quantitative estimate of drug-likeness (QED) is 0.481. The highest BCUT2D eigenvalue weighted by molar-refractivity contribution is 5.86. The molecule has 2 N–H and O–H groups in total. The topological polar surface area (TPSA) is 27.8 Å². The van der Waals surface area contributed by atoms with Crippen LogP contribution in [-0.4, -0.2) is 4.98 Å². The summed E-state index contributed by atoms with van der Waals surface area (Å²) in [6, 6.07) is 28.5. The van der Waals surface area contributed by atoms with Crippen molar-refractivity contribution in [3.8, 4) is 0 Å². The van der Waals surface area contributed by atoms with Gasteiger partial charge in [0.15, 0.2) is 0 Å². The molecule has 0 spiro atoms. The molecule has 2 heteroatoms. The lowest BCUT2D eigenvalue weighted by Gasteiger charge is -2.20. The second kappa shape index (κ2) is 6.38. The van der Waals surface area contributed by atoms with Gasteiger partial charge in [-0.2, -0.15) is 0 Å². The van der Waals surface area contributed by atoms with E-state index in [9.17, 15) is 0 Å². The minimum atomic E-state index is 0.310. The Morgan fingerprint density at radius 2 is 1.58 bits per heavy atom. The van der Waals surface area contributed by atoms with Crippen LogP contribution in [0.3, 0.4) is 0 Å². The number of rotatable bonds is 3. The van der Waals surface area contributed by atoms with Crippen LogP contribution in [0.15, 0.2) is 78.9 Å². The number of benzene rings is 3. The van der Waals surface area contributed by atoms with Crippen LogP contribution >= 0.6 is 0 Å². The molecule has 0 fully saturated rings. The van der Waals surface area contributed by atoms with Crippen molar-refractivity contribution in [1.82, 2.24) is 4.98 Å². The summed E-state index contributed by atoms with van der Waals surface area (Å²) in [7, 11) is 0. The van der Waals surface area contributed by atoms with Crippen LogP contribution in [0.2, 0.25) is 0 Å². The summed E-state index contributed by atoms with van der Waals surface area (Å²) in [6.45, 7) is 0. The first-order valence-electron chi connectivity index (χ1n) is 9.36. The van der Waals surface area contributed by atoms with Crippen molar-refractivity contribution in [2.75, 3.05) is 5.32 Å². The number of nitrogens with one attached hydrogen (secondary N) is 2. The molecule has 2 heterocycles. The molecule has 1 atom stereocenters. The first-order chi connectivity index (χ1) is 12.9. The average Bonchev–Trinajstić information content (AvgIpc) is 2.97. The molecular formula is C24H22N2. The van der Waals surface area contributed by atoms with E-state index in [0.717, 1.165) is 19.3 Å². The normalized spacial score (nSPS) is 15.8. The SMILES string of the molecule is c1ccc(CCC2Nc3ccccc3Cc3[nH]c4ccccc4c32)cc1. The molecule has 0 bridgehead atoms. The summed E-state index contributed by atoms with van der Waals surface area (Å²) >= 11 is 0. The lowest BCUT2D eigenvalue weighted by Crippen LogP contribution is -2.11. The van der Waals surface area contributed by atoms with Crippen molar-refractivity contribution >= 4 is 16.6 Å². The van der Waals surface area contributed by atoms with Gasteiger partial charge in [-0.15, -0.1) is 0 Å². The third-order valence-electron chi connectivity index (χ3n) is 5.46. The fourth-order valence-corrected chi connectivity index (χ4v) is 4.19. The monoisotopic (exact) mass is 338 g/mol. The zero-order valence-electron chi connectivity index (χ0n) is 14.7. The summed E-state index contributed by atoms with van der Waals surface area (Å²) < 4.78 is 0. The number of anilines is 1. The molecule has 4 aromatic rings. The molecule has 5 rings (SSSR count). The standard InChI is InChI=1S/C24H22N2/c1-2-8-17(9-3-1)14-15-22-24-19-11-5-7-13-21(19)26-23(24)16-18-10-4-6-12-20(18)25-22/h1-13,22,25-26H,14-16H2. The number of aromatic nitrogens is 1. The van der Waals surface area contributed by atoms with Crippen molar-refractivity contribution in [3.05, 3.63) is 101 Å². The Labute approximate surface area is 153 Å². The molecule has 0 amide bonds. The van der Waals surface area contributed by atoms with E-state index in [2.05, 4.69) is 89.2 Å². The molecule has 0 aliphatic carbocycles. The number of aromatic amines is 1. The Balaban J connectivity index is 1.58. The molecule has 3 aromatic carbocycles. The van der Waals surface area contributed by atoms with Gasteiger partial charge in [0.25, 0.3) is 0 Å². The van der Waals surface area contributed by atoms with Crippen molar-refractivity contribution < 1.29 is 0 Å². The Bertz CT molecular complexity index is 1050. The van der Waals surface area contributed by atoms with Crippen LogP contribution in [0.25, 0.3) is 10.9 Å². The van der Waals surface area contributed by atoms with Crippen LogP contribution in [0.5, 0.6) is 0 Å². The Kier molecular flexibility index (Phi) is 3.75. The molecule has 1 aliphatic rings. The molecule has 2 nitrogen and oxygen atoms in total. The van der Waals surface area contributed by atoms with Crippen LogP contribution in [-0.2, 0) is 12.8 Å². The van der Waals surface area contributed by atoms with Crippen LogP contribution in [0.4, 0.5) is 5.69 Å². The van der Waals surface area contributed by atoms with E-state index < -0.39 is 0 Å². The summed E-state index contributed by atoms with van der Waals surface area (Å²) in [5, 5.41) is 5.19. The smallest absolute Gasteiger partial charge is 0.0541 e. The third kappa shape index (κ3) is 2.68. The Morgan fingerprint density at radius 3 is 2.50 bits per heavy atom. The van der Waals surface area contributed by atoms with Gasteiger partial charge in [-0.1, -0.05) is 66.7 Å². The van der Waals surface area contributed by atoms with Gasteiger partial charge in [0.2, 0.25) is 0 Å². The van der Waals surface area contributed by atoms with Crippen LogP contribution < -0.4 is 5.32 Å². The Hall–Kier alpha value is -3.00. The van der Waals surface area contributed by atoms with Gasteiger partial charge in [-0.05, 0) is 36.1 Å². The number of hydrogen-bond donors (Lipinski definition) is 2. The number of H-pyrrole nitrogens is 1. The minimum Gasteiger partial charge on any atom is -0.378 e. The van der Waals surface area contributed by atoms with E-state index in [0.29, 0.717) is 6.04 Å². The predicted octanol–water partition coefficient (Wildman–Crippen LogP) is 5.86. The van der Waals surface area contributed by atoms with E-state index in [1.165, 1.54) is 39.0 Å². The van der Waals surface area contributed by atoms with Gasteiger partial charge in [0.05, 0.1) is 6.04 Å². The third-order valence-corrected chi connectivity index (χ3v) is 5.46. The average molecular weight is 338 g/mol. The van der Waals surface area contributed by atoms with Gasteiger partial charge >= 0.3 is 0 Å². The van der Waals surface area contributed by atoms with Gasteiger partial charge in [-0.25, -0.2) is 0 Å². The van der Waals surface area contributed by atoms with Crippen molar-refractivity contribution in [3.63, 3.8) is 0 Å². The largest absolute Gasteiger partial charge is 0.378 e.